The molecule has 2 unspecified atom stereocenters. The van der Waals surface area contributed by atoms with Crippen LogP contribution in [0.3, 0.4) is 0 Å². The molecule has 1 heterocycles. The van der Waals surface area contributed by atoms with Crippen molar-refractivity contribution in [3.8, 4) is 0 Å². The van der Waals surface area contributed by atoms with Gasteiger partial charge in [-0.05, 0) is 42.8 Å². The van der Waals surface area contributed by atoms with E-state index in [1.54, 1.807) is 0 Å². The van der Waals surface area contributed by atoms with Crippen molar-refractivity contribution < 1.29 is 0 Å². The number of hydrogen-bond acceptors (Lipinski definition) is 3. The lowest BCUT2D eigenvalue weighted by Crippen LogP contribution is -2.41. The maximum absolute atomic E-state index is 6.39. The zero-order chi connectivity index (χ0) is 13.7. The Bertz CT molecular complexity index is 374. The van der Waals surface area contributed by atoms with Crippen molar-refractivity contribution in [2.24, 2.45) is 5.73 Å². The fraction of sp³-hybridized carbons (Fsp3) is 0.600. The third-order valence-electron chi connectivity index (χ3n) is 3.74. The van der Waals surface area contributed by atoms with Crippen LogP contribution in [-0.4, -0.2) is 35.5 Å². The average Bonchev–Trinajstić information content (AvgIpc) is 2.70. The van der Waals surface area contributed by atoms with Gasteiger partial charge in [0, 0.05) is 29.4 Å². The van der Waals surface area contributed by atoms with Gasteiger partial charge in [-0.15, -0.1) is 0 Å². The Labute approximate surface area is 125 Å². The van der Waals surface area contributed by atoms with E-state index >= 15 is 0 Å². The van der Waals surface area contributed by atoms with Crippen LogP contribution in [-0.2, 0) is 0 Å². The van der Waals surface area contributed by atoms with Crippen LogP contribution in [0.15, 0.2) is 24.3 Å². The number of nitrogens with zero attached hydrogens (tertiary/aromatic N) is 1. The number of thioether (sulfide) groups is 1. The van der Waals surface area contributed by atoms with Crippen LogP contribution in [0.2, 0.25) is 5.02 Å². The maximum Gasteiger partial charge on any atom is 0.0499 e. The van der Waals surface area contributed by atoms with E-state index in [0.29, 0.717) is 6.04 Å². The predicted molar refractivity (Wildman–Crippen MR) is 86.0 cm³/mol. The number of hydrogen-bond donors (Lipinski definition) is 1. The van der Waals surface area contributed by atoms with Crippen LogP contribution >= 0.6 is 23.4 Å². The average molecular weight is 299 g/mol. The molecule has 0 aliphatic carbocycles. The molecule has 4 heteroatoms. The molecule has 106 valence electrons. The molecule has 1 aromatic carbocycles. The first-order valence-corrected chi connectivity index (χ1v) is 8.58. The molecule has 19 heavy (non-hydrogen) atoms. The summed E-state index contributed by atoms with van der Waals surface area (Å²) >= 11 is 8.04. The molecular formula is C15H23ClN2S. The van der Waals surface area contributed by atoms with Gasteiger partial charge in [-0.2, -0.15) is 11.8 Å². The SMILES string of the molecule is CCC(N)C(c1ccc(Cl)cc1)N1CCCSCC1. The van der Waals surface area contributed by atoms with Crippen LogP contribution in [0, 0.1) is 0 Å². The normalized spacial score (nSPS) is 20.8. The molecule has 0 aromatic heterocycles. The Morgan fingerprint density at radius 2 is 2.00 bits per heavy atom. The summed E-state index contributed by atoms with van der Waals surface area (Å²) in [4.78, 5) is 2.55. The summed E-state index contributed by atoms with van der Waals surface area (Å²) in [5.74, 6) is 2.48. The standard InChI is InChI=1S/C15H23ClN2S/c1-2-14(17)15(12-4-6-13(16)7-5-12)18-8-3-10-19-11-9-18/h4-7,14-15H,2-3,8-11,17H2,1H3. The van der Waals surface area contributed by atoms with Gasteiger partial charge < -0.3 is 5.73 Å². The predicted octanol–water partition coefficient (Wildman–Crippen LogP) is 3.56. The smallest absolute Gasteiger partial charge is 0.0499 e. The molecule has 2 atom stereocenters. The quantitative estimate of drug-likeness (QED) is 0.921. The summed E-state index contributed by atoms with van der Waals surface area (Å²) < 4.78 is 0. The monoisotopic (exact) mass is 298 g/mol. The van der Waals surface area contributed by atoms with Crippen LogP contribution < -0.4 is 5.73 Å². The second kappa shape index (κ2) is 7.53. The highest BCUT2D eigenvalue weighted by atomic mass is 35.5. The van der Waals surface area contributed by atoms with Crippen molar-refractivity contribution in [1.82, 2.24) is 4.90 Å². The van der Waals surface area contributed by atoms with Gasteiger partial charge in [-0.3, -0.25) is 4.90 Å². The minimum atomic E-state index is 0.185. The van der Waals surface area contributed by atoms with Crippen molar-refractivity contribution in [1.29, 1.82) is 0 Å². The summed E-state index contributed by atoms with van der Waals surface area (Å²) in [6.07, 6.45) is 2.25. The lowest BCUT2D eigenvalue weighted by atomic mass is 9.96. The number of benzene rings is 1. The number of halogens is 1. The van der Waals surface area contributed by atoms with Crippen molar-refractivity contribution in [2.45, 2.75) is 31.8 Å². The largest absolute Gasteiger partial charge is 0.326 e. The maximum atomic E-state index is 6.39. The Morgan fingerprint density at radius 1 is 1.26 bits per heavy atom. The second-order valence-corrected chi connectivity index (χ2v) is 6.73. The number of rotatable bonds is 4. The highest BCUT2D eigenvalue weighted by Crippen LogP contribution is 2.28. The van der Waals surface area contributed by atoms with Gasteiger partial charge in [0.25, 0.3) is 0 Å². The third kappa shape index (κ3) is 4.12. The highest BCUT2D eigenvalue weighted by Gasteiger charge is 2.26. The van der Waals surface area contributed by atoms with Gasteiger partial charge in [-0.25, -0.2) is 0 Å². The molecule has 2 N–H and O–H groups in total. The third-order valence-corrected chi connectivity index (χ3v) is 5.04. The Morgan fingerprint density at radius 3 is 2.68 bits per heavy atom. The van der Waals surface area contributed by atoms with Gasteiger partial charge in [-0.1, -0.05) is 30.7 Å². The zero-order valence-electron chi connectivity index (χ0n) is 11.5. The summed E-state index contributed by atoms with van der Waals surface area (Å²) in [6.45, 7) is 4.44. The molecule has 2 nitrogen and oxygen atoms in total. The minimum Gasteiger partial charge on any atom is -0.326 e. The molecule has 1 aliphatic rings. The highest BCUT2D eigenvalue weighted by molar-refractivity contribution is 7.99. The first-order chi connectivity index (χ1) is 9.22. The van der Waals surface area contributed by atoms with Crippen molar-refractivity contribution in [2.75, 3.05) is 24.6 Å². The van der Waals surface area contributed by atoms with Gasteiger partial charge >= 0.3 is 0 Å². The summed E-state index contributed by atoms with van der Waals surface area (Å²) in [7, 11) is 0. The molecule has 0 saturated carbocycles. The van der Waals surface area contributed by atoms with Gasteiger partial charge in [0.15, 0.2) is 0 Å². The molecule has 1 aromatic rings. The first kappa shape index (κ1) is 15.2. The summed E-state index contributed by atoms with van der Waals surface area (Å²) in [6, 6.07) is 8.70. The molecule has 2 rings (SSSR count). The van der Waals surface area contributed by atoms with Gasteiger partial charge in [0.05, 0.1) is 0 Å². The molecule has 1 fully saturated rings. The molecule has 1 aliphatic heterocycles. The van der Waals surface area contributed by atoms with E-state index in [2.05, 4.69) is 35.7 Å². The Hall–Kier alpha value is -0.220. The van der Waals surface area contributed by atoms with E-state index in [4.69, 9.17) is 17.3 Å². The molecular weight excluding hydrogens is 276 g/mol. The Balaban J connectivity index is 2.21. The minimum absolute atomic E-state index is 0.185. The summed E-state index contributed by atoms with van der Waals surface area (Å²) in [5, 5.41) is 0.791. The Kier molecular flexibility index (Phi) is 6.02. The topological polar surface area (TPSA) is 29.3 Å². The molecule has 0 bridgehead atoms. The fourth-order valence-corrected chi connectivity index (χ4v) is 3.68. The van der Waals surface area contributed by atoms with Crippen LogP contribution in [0.5, 0.6) is 0 Å². The lowest BCUT2D eigenvalue weighted by Gasteiger charge is -2.34. The van der Waals surface area contributed by atoms with Crippen molar-refractivity contribution in [3.63, 3.8) is 0 Å². The molecule has 1 saturated heterocycles. The zero-order valence-corrected chi connectivity index (χ0v) is 13.1. The summed E-state index contributed by atoms with van der Waals surface area (Å²) in [5.41, 5.74) is 7.68. The fourth-order valence-electron chi connectivity index (χ4n) is 2.66. The lowest BCUT2D eigenvalue weighted by molar-refractivity contribution is 0.182. The van der Waals surface area contributed by atoms with E-state index in [-0.39, 0.29) is 6.04 Å². The van der Waals surface area contributed by atoms with E-state index in [9.17, 15) is 0 Å². The van der Waals surface area contributed by atoms with Gasteiger partial charge in [0.1, 0.15) is 0 Å². The molecule has 0 spiro atoms. The van der Waals surface area contributed by atoms with Crippen LogP contribution in [0.4, 0.5) is 0 Å². The van der Waals surface area contributed by atoms with Crippen molar-refractivity contribution >= 4 is 23.4 Å². The van der Waals surface area contributed by atoms with E-state index in [0.717, 1.165) is 24.5 Å². The van der Waals surface area contributed by atoms with E-state index in [1.165, 1.54) is 23.5 Å². The number of nitrogens with two attached hydrogens (primary N) is 1. The van der Waals surface area contributed by atoms with E-state index < -0.39 is 0 Å². The van der Waals surface area contributed by atoms with Crippen molar-refractivity contribution in [3.05, 3.63) is 34.9 Å². The van der Waals surface area contributed by atoms with Crippen LogP contribution in [0.1, 0.15) is 31.4 Å². The second-order valence-electron chi connectivity index (χ2n) is 5.07. The molecule has 0 amide bonds. The van der Waals surface area contributed by atoms with Gasteiger partial charge in [0.2, 0.25) is 0 Å². The van der Waals surface area contributed by atoms with E-state index in [1.807, 2.05) is 12.1 Å². The molecule has 0 radical (unpaired) electrons. The van der Waals surface area contributed by atoms with Crippen LogP contribution in [0.25, 0.3) is 0 Å². The first-order valence-electron chi connectivity index (χ1n) is 7.05.